The SMILES string of the molecule is COc1ccc(CC(C)(C)NOC(C)=O)cc1. The Morgan fingerprint density at radius 3 is 2.35 bits per heavy atom. The molecule has 0 unspecified atom stereocenters. The zero-order chi connectivity index (χ0) is 12.9. The van der Waals surface area contributed by atoms with E-state index in [9.17, 15) is 4.79 Å². The summed E-state index contributed by atoms with van der Waals surface area (Å²) in [6, 6.07) is 7.82. The number of ether oxygens (including phenoxy) is 1. The van der Waals surface area contributed by atoms with Gasteiger partial charge in [0.15, 0.2) is 0 Å². The summed E-state index contributed by atoms with van der Waals surface area (Å²) < 4.78 is 5.09. The lowest BCUT2D eigenvalue weighted by Gasteiger charge is -2.24. The van der Waals surface area contributed by atoms with Crippen molar-refractivity contribution < 1.29 is 14.4 Å². The highest BCUT2D eigenvalue weighted by molar-refractivity contribution is 5.65. The summed E-state index contributed by atoms with van der Waals surface area (Å²) in [4.78, 5) is 15.5. The highest BCUT2D eigenvalue weighted by Gasteiger charge is 2.19. The van der Waals surface area contributed by atoms with E-state index in [4.69, 9.17) is 9.57 Å². The lowest BCUT2D eigenvalue weighted by atomic mass is 9.96. The molecule has 0 fully saturated rings. The molecular weight excluding hydrogens is 218 g/mol. The second-order valence-electron chi connectivity index (χ2n) is 4.60. The second-order valence-corrected chi connectivity index (χ2v) is 4.60. The summed E-state index contributed by atoms with van der Waals surface area (Å²) in [6.07, 6.45) is 0.754. The Hall–Kier alpha value is -1.55. The lowest BCUT2D eigenvalue weighted by molar-refractivity contribution is -0.152. The average Bonchev–Trinajstić information content (AvgIpc) is 2.27. The molecule has 94 valence electrons. The predicted octanol–water partition coefficient (Wildman–Crippen LogP) is 2.08. The Morgan fingerprint density at radius 2 is 1.88 bits per heavy atom. The quantitative estimate of drug-likeness (QED) is 0.796. The molecule has 4 heteroatoms. The standard InChI is InChI=1S/C13H19NO3/c1-10(15)17-14-13(2,3)9-11-5-7-12(16-4)8-6-11/h5-8,14H,9H2,1-4H3. The first-order valence-corrected chi connectivity index (χ1v) is 5.50. The molecule has 0 aromatic heterocycles. The molecule has 1 aromatic carbocycles. The van der Waals surface area contributed by atoms with E-state index < -0.39 is 0 Å². The maximum absolute atomic E-state index is 10.7. The van der Waals surface area contributed by atoms with Crippen molar-refractivity contribution in [1.29, 1.82) is 0 Å². The summed E-state index contributed by atoms with van der Waals surface area (Å²) in [5.74, 6) is 0.493. The van der Waals surface area contributed by atoms with Crippen LogP contribution in [0.4, 0.5) is 0 Å². The van der Waals surface area contributed by atoms with Crippen LogP contribution >= 0.6 is 0 Å². The van der Waals surface area contributed by atoms with E-state index in [1.54, 1.807) is 7.11 Å². The number of methoxy groups -OCH3 is 1. The van der Waals surface area contributed by atoms with Crippen LogP contribution < -0.4 is 10.2 Å². The fraction of sp³-hybridized carbons (Fsp3) is 0.462. The summed E-state index contributed by atoms with van der Waals surface area (Å²) in [5.41, 5.74) is 3.60. The van der Waals surface area contributed by atoms with E-state index in [0.717, 1.165) is 17.7 Å². The van der Waals surface area contributed by atoms with Crippen LogP contribution in [0.3, 0.4) is 0 Å². The number of nitrogens with one attached hydrogen (secondary N) is 1. The molecule has 0 bridgehead atoms. The highest BCUT2D eigenvalue weighted by atomic mass is 16.7. The van der Waals surface area contributed by atoms with Crippen molar-refractivity contribution in [3.63, 3.8) is 0 Å². The van der Waals surface area contributed by atoms with Crippen LogP contribution in [-0.4, -0.2) is 18.6 Å². The molecule has 0 atom stereocenters. The molecule has 0 aliphatic heterocycles. The van der Waals surface area contributed by atoms with Crippen LogP contribution in [0.25, 0.3) is 0 Å². The van der Waals surface area contributed by atoms with Crippen molar-refractivity contribution >= 4 is 5.97 Å². The minimum atomic E-state index is -0.340. The Balaban J connectivity index is 2.58. The van der Waals surface area contributed by atoms with Gasteiger partial charge >= 0.3 is 5.97 Å². The molecule has 0 aliphatic carbocycles. The number of hydroxylamine groups is 1. The van der Waals surface area contributed by atoms with Crippen molar-refractivity contribution in [2.24, 2.45) is 0 Å². The summed E-state index contributed by atoms with van der Waals surface area (Å²) in [5, 5.41) is 0. The van der Waals surface area contributed by atoms with E-state index >= 15 is 0 Å². The topological polar surface area (TPSA) is 47.6 Å². The van der Waals surface area contributed by atoms with E-state index in [1.165, 1.54) is 6.92 Å². The predicted molar refractivity (Wildman–Crippen MR) is 65.7 cm³/mol. The van der Waals surface area contributed by atoms with E-state index in [1.807, 2.05) is 38.1 Å². The van der Waals surface area contributed by atoms with Crippen LogP contribution in [0.5, 0.6) is 5.75 Å². The van der Waals surface area contributed by atoms with Crippen LogP contribution in [0.15, 0.2) is 24.3 Å². The van der Waals surface area contributed by atoms with Crippen molar-refractivity contribution in [2.75, 3.05) is 7.11 Å². The third-order valence-corrected chi connectivity index (χ3v) is 2.28. The van der Waals surface area contributed by atoms with Crippen molar-refractivity contribution in [3.8, 4) is 5.75 Å². The van der Waals surface area contributed by atoms with Gasteiger partial charge < -0.3 is 9.57 Å². The zero-order valence-corrected chi connectivity index (χ0v) is 10.7. The van der Waals surface area contributed by atoms with Crippen LogP contribution in [0.2, 0.25) is 0 Å². The van der Waals surface area contributed by atoms with Crippen molar-refractivity contribution in [3.05, 3.63) is 29.8 Å². The third kappa shape index (κ3) is 4.87. The fourth-order valence-corrected chi connectivity index (χ4v) is 1.50. The number of benzene rings is 1. The molecule has 1 aromatic rings. The minimum Gasteiger partial charge on any atom is -0.497 e. The molecule has 0 spiro atoms. The first-order valence-electron chi connectivity index (χ1n) is 5.50. The average molecular weight is 237 g/mol. The summed E-state index contributed by atoms with van der Waals surface area (Å²) >= 11 is 0. The second kappa shape index (κ2) is 5.68. The van der Waals surface area contributed by atoms with Crippen molar-refractivity contribution in [1.82, 2.24) is 5.48 Å². The molecule has 0 amide bonds. The first-order chi connectivity index (χ1) is 7.93. The minimum absolute atomic E-state index is 0.305. The molecule has 17 heavy (non-hydrogen) atoms. The molecule has 4 nitrogen and oxygen atoms in total. The number of carbonyl (C=O) groups excluding carboxylic acids is 1. The van der Waals surface area contributed by atoms with Gasteiger partial charge in [0.1, 0.15) is 5.75 Å². The first kappa shape index (κ1) is 13.5. The normalized spacial score (nSPS) is 11.1. The smallest absolute Gasteiger partial charge is 0.321 e. The van der Waals surface area contributed by atoms with Crippen LogP contribution in [-0.2, 0) is 16.1 Å². The van der Waals surface area contributed by atoms with Gasteiger partial charge in [0, 0.05) is 6.92 Å². The van der Waals surface area contributed by atoms with Gasteiger partial charge in [0.05, 0.1) is 12.6 Å². The Labute approximate surface area is 102 Å². The largest absolute Gasteiger partial charge is 0.497 e. The Kier molecular flexibility index (Phi) is 4.52. The molecule has 0 heterocycles. The molecule has 0 saturated heterocycles. The van der Waals surface area contributed by atoms with Gasteiger partial charge in [-0.3, -0.25) is 4.79 Å². The van der Waals surface area contributed by atoms with Gasteiger partial charge in [0.25, 0.3) is 0 Å². The number of hydrogen-bond donors (Lipinski definition) is 1. The van der Waals surface area contributed by atoms with Gasteiger partial charge in [-0.1, -0.05) is 12.1 Å². The molecule has 0 aliphatic rings. The molecule has 0 radical (unpaired) electrons. The molecular formula is C13H19NO3. The third-order valence-electron chi connectivity index (χ3n) is 2.28. The fourth-order valence-electron chi connectivity index (χ4n) is 1.50. The lowest BCUT2D eigenvalue weighted by Crippen LogP contribution is -2.42. The maximum Gasteiger partial charge on any atom is 0.321 e. The molecule has 1 N–H and O–H groups in total. The summed E-state index contributed by atoms with van der Waals surface area (Å²) in [7, 11) is 1.64. The molecule has 1 rings (SSSR count). The van der Waals surface area contributed by atoms with Crippen LogP contribution in [0.1, 0.15) is 26.3 Å². The van der Waals surface area contributed by atoms with E-state index in [0.29, 0.717) is 0 Å². The molecule has 0 saturated carbocycles. The van der Waals surface area contributed by atoms with E-state index in [2.05, 4.69) is 5.48 Å². The van der Waals surface area contributed by atoms with Gasteiger partial charge in [-0.05, 0) is 38.0 Å². The van der Waals surface area contributed by atoms with Crippen LogP contribution in [0, 0.1) is 0 Å². The van der Waals surface area contributed by atoms with Gasteiger partial charge in [-0.15, -0.1) is 5.48 Å². The number of hydrogen-bond acceptors (Lipinski definition) is 4. The van der Waals surface area contributed by atoms with Gasteiger partial charge in [-0.2, -0.15) is 0 Å². The number of rotatable bonds is 5. The Morgan fingerprint density at radius 1 is 1.29 bits per heavy atom. The summed E-state index contributed by atoms with van der Waals surface area (Å²) in [6.45, 7) is 5.32. The van der Waals surface area contributed by atoms with Crippen molar-refractivity contribution in [2.45, 2.75) is 32.7 Å². The Bertz CT molecular complexity index is 371. The zero-order valence-electron chi connectivity index (χ0n) is 10.7. The monoisotopic (exact) mass is 237 g/mol. The van der Waals surface area contributed by atoms with E-state index in [-0.39, 0.29) is 11.5 Å². The maximum atomic E-state index is 10.7. The number of carbonyl (C=O) groups is 1. The van der Waals surface area contributed by atoms with Gasteiger partial charge in [0.2, 0.25) is 0 Å². The highest BCUT2D eigenvalue weighted by Crippen LogP contribution is 2.16. The van der Waals surface area contributed by atoms with Gasteiger partial charge in [-0.25, -0.2) is 0 Å².